The first-order valence-electron chi connectivity index (χ1n) is 3.74. The van der Waals surface area contributed by atoms with E-state index in [4.69, 9.17) is 5.73 Å². The summed E-state index contributed by atoms with van der Waals surface area (Å²) in [6.45, 7) is 3.86. The minimum absolute atomic E-state index is 0.0728. The van der Waals surface area contributed by atoms with E-state index >= 15 is 0 Å². The fourth-order valence-electron chi connectivity index (χ4n) is 0.480. The molecule has 0 aliphatic carbocycles. The molecule has 0 bridgehead atoms. The van der Waals surface area contributed by atoms with E-state index in [-0.39, 0.29) is 11.8 Å². The maximum Gasteiger partial charge on any atom is 0.211 e. The van der Waals surface area contributed by atoms with E-state index in [9.17, 15) is 8.42 Å². The van der Waals surface area contributed by atoms with Crippen molar-refractivity contribution in [2.75, 3.05) is 12.3 Å². The average molecular weight is 180 g/mol. The van der Waals surface area contributed by atoms with Crippen LogP contribution in [0, 0.1) is 0 Å². The third-order valence-corrected chi connectivity index (χ3v) is 2.84. The summed E-state index contributed by atoms with van der Waals surface area (Å²) in [5, 5.41) is 0. The van der Waals surface area contributed by atoms with Gasteiger partial charge in [-0.15, -0.1) is 0 Å². The van der Waals surface area contributed by atoms with Gasteiger partial charge >= 0.3 is 0 Å². The molecule has 0 saturated heterocycles. The van der Waals surface area contributed by atoms with Crippen molar-refractivity contribution in [3.05, 3.63) is 0 Å². The van der Waals surface area contributed by atoms with Crippen molar-refractivity contribution in [3.63, 3.8) is 0 Å². The maximum atomic E-state index is 10.9. The van der Waals surface area contributed by atoms with Gasteiger partial charge in [-0.2, -0.15) is 0 Å². The first kappa shape index (κ1) is 10.9. The minimum Gasteiger partial charge on any atom is -0.327 e. The van der Waals surface area contributed by atoms with Gasteiger partial charge in [-0.05, 0) is 13.3 Å². The molecule has 5 heteroatoms. The van der Waals surface area contributed by atoms with Crippen molar-refractivity contribution in [1.29, 1.82) is 0 Å². The fraction of sp³-hybridized carbons (Fsp3) is 1.00. The van der Waals surface area contributed by atoms with Crippen LogP contribution >= 0.6 is 0 Å². The molecule has 11 heavy (non-hydrogen) atoms. The molecule has 3 N–H and O–H groups in total. The zero-order chi connectivity index (χ0) is 8.91. The number of nitrogens with one attached hydrogen (secondary N) is 1. The van der Waals surface area contributed by atoms with Crippen LogP contribution in [0.3, 0.4) is 0 Å². The van der Waals surface area contributed by atoms with Crippen LogP contribution in [0.1, 0.15) is 20.3 Å². The third kappa shape index (κ3) is 5.17. The summed E-state index contributed by atoms with van der Waals surface area (Å²) in [7, 11) is -3.05. The lowest BCUT2D eigenvalue weighted by Crippen LogP contribution is -2.37. The summed E-state index contributed by atoms with van der Waals surface area (Å²) in [5.74, 6) is 0.115. The first-order valence-corrected chi connectivity index (χ1v) is 5.40. The van der Waals surface area contributed by atoms with Crippen LogP contribution in [-0.4, -0.2) is 26.8 Å². The van der Waals surface area contributed by atoms with Crippen LogP contribution in [0.25, 0.3) is 0 Å². The van der Waals surface area contributed by atoms with Gasteiger partial charge in [0.15, 0.2) is 0 Å². The predicted molar refractivity (Wildman–Crippen MR) is 45.7 cm³/mol. The summed E-state index contributed by atoms with van der Waals surface area (Å²) in [5.41, 5.74) is 5.51. The second kappa shape index (κ2) is 4.69. The molecule has 0 fully saturated rings. The zero-order valence-corrected chi connectivity index (χ0v) is 7.82. The average Bonchev–Trinajstić information content (AvgIpc) is 2.00. The highest BCUT2D eigenvalue weighted by Gasteiger charge is 2.07. The molecule has 0 heterocycles. The molecular formula is C6H16N2O2S. The van der Waals surface area contributed by atoms with Crippen molar-refractivity contribution in [3.8, 4) is 0 Å². The molecule has 0 amide bonds. The number of rotatable bonds is 5. The van der Waals surface area contributed by atoms with Crippen molar-refractivity contribution in [2.45, 2.75) is 26.3 Å². The Balaban J connectivity index is 3.71. The van der Waals surface area contributed by atoms with Gasteiger partial charge in [0.25, 0.3) is 0 Å². The standard InChI is InChI=1S/C6H16N2O2S/c1-3-6(7)5-8-11(9,10)4-2/h6,8H,3-5,7H2,1-2H3. The third-order valence-electron chi connectivity index (χ3n) is 1.47. The van der Waals surface area contributed by atoms with Gasteiger partial charge in [0.05, 0.1) is 5.75 Å². The Morgan fingerprint density at radius 3 is 2.36 bits per heavy atom. The molecular weight excluding hydrogens is 164 g/mol. The molecule has 1 unspecified atom stereocenters. The largest absolute Gasteiger partial charge is 0.327 e. The molecule has 0 rings (SSSR count). The van der Waals surface area contributed by atoms with E-state index in [0.717, 1.165) is 6.42 Å². The summed E-state index contributed by atoms with van der Waals surface area (Å²) in [4.78, 5) is 0. The lowest BCUT2D eigenvalue weighted by molar-refractivity contribution is 0.565. The SMILES string of the molecule is CCC(N)CNS(=O)(=O)CC. The van der Waals surface area contributed by atoms with E-state index in [1.54, 1.807) is 6.92 Å². The van der Waals surface area contributed by atoms with Gasteiger partial charge in [0.2, 0.25) is 10.0 Å². The lowest BCUT2D eigenvalue weighted by Gasteiger charge is -2.09. The van der Waals surface area contributed by atoms with Crippen molar-refractivity contribution >= 4 is 10.0 Å². The monoisotopic (exact) mass is 180 g/mol. The Hall–Kier alpha value is -0.130. The van der Waals surface area contributed by atoms with E-state index in [2.05, 4.69) is 4.72 Å². The summed E-state index contributed by atoms with van der Waals surface area (Å²) < 4.78 is 24.1. The molecule has 0 aromatic carbocycles. The quantitative estimate of drug-likeness (QED) is 0.608. The second-order valence-electron chi connectivity index (χ2n) is 2.42. The van der Waals surface area contributed by atoms with Crippen molar-refractivity contribution in [2.24, 2.45) is 5.73 Å². The van der Waals surface area contributed by atoms with Crippen LogP contribution in [-0.2, 0) is 10.0 Å². The Morgan fingerprint density at radius 1 is 1.45 bits per heavy atom. The highest BCUT2D eigenvalue weighted by atomic mass is 32.2. The molecule has 0 radical (unpaired) electrons. The number of nitrogens with two attached hydrogens (primary N) is 1. The van der Waals surface area contributed by atoms with Gasteiger partial charge in [-0.3, -0.25) is 0 Å². The first-order chi connectivity index (χ1) is 5.02. The lowest BCUT2D eigenvalue weighted by atomic mass is 10.2. The molecule has 0 aromatic rings. The topological polar surface area (TPSA) is 72.2 Å². The van der Waals surface area contributed by atoms with Crippen LogP contribution in [0.15, 0.2) is 0 Å². The summed E-state index contributed by atoms with van der Waals surface area (Å²) in [6, 6.07) is -0.0728. The van der Waals surface area contributed by atoms with Crippen LogP contribution < -0.4 is 10.5 Å². The molecule has 0 aromatic heterocycles. The Labute approximate surface area is 68.2 Å². The fourth-order valence-corrected chi connectivity index (χ4v) is 1.15. The van der Waals surface area contributed by atoms with Gasteiger partial charge in [0.1, 0.15) is 0 Å². The maximum absolute atomic E-state index is 10.9. The van der Waals surface area contributed by atoms with Gasteiger partial charge in [0, 0.05) is 12.6 Å². The summed E-state index contributed by atoms with van der Waals surface area (Å²) >= 11 is 0. The predicted octanol–water partition coefficient (Wildman–Crippen LogP) is -0.337. The Morgan fingerprint density at radius 2 is 2.00 bits per heavy atom. The van der Waals surface area contributed by atoms with E-state index in [1.165, 1.54) is 0 Å². The van der Waals surface area contributed by atoms with Crippen molar-refractivity contribution < 1.29 is 8.42 Å². The van der Waals surface area contributed by atoms with E-state index in [0.29, 0.717) is 6.54 Å². The van der Waals surface area contributed by atoms with Gasteiger partial charge < -0.3 is 5.73 Å². The van der Waals surface area contributed by atoms with Crippen molar-refractivity contribution in [1.82, 2.24) is 4.72 Å². The smallest absolute Gasteiger partial charge is 0.211 e. The van der Waals surface area contributed by atoms with Gasteiger partial charge in [-0.1, -0.05) is 6.92 Å². The molecule has 68 valence electrons. The molecule has 0 saturated carbocycles. The number of sulfonamides is 1. The normalized spacial score (nSPS) is 14.8. The minimum atomic E-state index is -3.05. The molecule has 0 spiro atoms. The Bertz CT molecular complexity index is 189. The van der Waals surface area contributed by atoms with Crippen LogP contribution in [0.5, 0.6) is 0 Å². The highest BCUT2D eigenvalue weighted by molar-refractivity contribution is 7.89. The zero-order valence-electron chi connectivity index (χ0n) is 7.00. The number of hydrogen-bond donors (Lipinski definition) is 2. The second-order valence-corrected chi connectivity index (χ2v) is 4.52. The molecule has 0 aliphatic rings. The number of hydrogen-bond acceptors (Lipinski definition) is 3. The van der Waals surface area contributed by atoms with Crippen LogP contribution in [0.2, 0.25) is 0 Å². The molecule has 4 nitrogen and oxygen atoms in total. The van der Waals surface area contributed by atoms with E-state index < -0.39 is 10.0 Å². The summed E-state index contributed by atoms with van der Waals surface area (Å²) in [6.07, 6.45) is 0.784. The molecule has 1 atom stereocenters. The Kier molecular flexibility index (Phi) is 4.63. The van der Waals surface area contributed by atoms with E-state index in [1.807, 2.05) is 6.92 Å². The van der Waals surface area contributed by atoms with Gasteiger partial charge in [-0.25, -0.2) is 13.1 Å². The molecule has 0 aliphatic heterocycles. The van der Waals surface area contributed by atoms with Crippen LogP contribution in [0.4, 0.5) is 0 Å². The highest BCUT2D eigenvalue weighted by Crippen LogP contribution is 1.86.